The Kier molecular flexibility index (Phi) is 4.30. The van der Waals surface area contributed by atoms with Crippen LogP contribution in [0.15, 0.2) is 28.1 Å². The van der Waals surface area contributed by atoms with Gasteiger partial charge in [-0.25, -0.2) is 9.78 Å². The summed E-state index contributed by atoms with van der Waals surface area (Å²) in [7, 11) is 0. The zero-order chi connectivity index (χ0) is 14.7. The Bertz CT molecular complexity index is 673. The number of aromatic carboxylic acids is 1. The van der Waals surface area contributed by atoms with Crippen molar-refractivity contribution in [3.63, 3.8) is 0 Å². The number of benzene rings is 1. The van der Waals surface area contributed by atoms with Crippen molar-refractivity contribution in [3.8, 4) is 5.75 Å². The lowest BCUT2D eigenvalue weighted by molar-refractivity contribution is -0.385. The summed E-state index contributed by atoms with van der Waals surface area (Å²) in [5.74, 6) is -0.796. The number of carboxylic acid groups (broad SMARTS) is 1. The second kappa shape index (κ2) is 5.97. The number of carboxylic acids is 1. The van der Waals surface area contributed by atoms with Crippen LogP contribution in [0, 0.1) is 10.1 Å². The molecule has 0 saturated carbocycles. The van der Waals surface area contributed by atoms with E-state index in [1.54, 1.807) is 11.4 Å². The second-order valence-electron chi connectivity index (χ2n) is 3.64. The number of halogens is 1. The van der Waals surface area contributed by atoms with E-state index in [1.807, 2.05) is 0 Å². The number of aromatic nitrogens is 1. The molecule has 1 aromatic heterocycles. The van der Waals surface area contributed by atoms with E-state index in [2.05, 4.69) is 20.9 Å². The van der Waals surface area contributed by atoms with Gasteiger partial charge in [-0.1, -0.05) is 15.9 Å². The van der Waals surface area contributed by atoms with Gasteiger partial charge >= 0.3 is 5.97 Å². The van der Waals surface area contributed by atoms with Gasteiger partial charge in [-0.3, -0.25) is 10.1 Å². The molecule has 7 nitrogen and oxygen atoms in total. The second-order valence-corrected chi connectivity index (χ2v) is 5.41. The highest BCUT2D eigenvalue weighted by molar-refractivity contribution is 9.10. The van der Waals surface area contributed by atoms with Crippen molar-refractivity contribution in [1.29, 1.82) is 0 Å². The number of rotatable bonds is 5. The minimum absolute atomic E-state index is 0.0242. The van der Waals surface area contributed by atoms with Crippen molar-refractivity contribution in [2.75, 3.05) is 0 Å². The van der Waals surface area contributed by atoms with Crippen molar-refractivity contribution in [2.24, 2.45) is 0 Å². The summed E-state index contributed by atoms with van der Waals surface area (Å²) < 4.78 is 5.89. The van der Waals surface area contributed by atoms with Crippen molar-refractivity contribution in [3.05, 3.63) is 48.9 Å². The normalized spacial score (nSPS) is 10.2. The third-order valence-electron chi connectivity index (χ3n) is 2.19. The highest BCUT2D eigenvalue weighted by Gasteiger charge is 2.12. The lowest BCUT2D eigenvalue weighted by Crippen LogP contribution is -1.99. The van der Waals surface area contributed by atoms with Crippen LogP contribution in [-0.4, -0.2) is 21.0 Å². The molecule has 2 rings (SSSR count). The SMILES string of the molecule is O=C(O)c1nc(COc2cc(Br)cc([N+](=O)[O-])c2)cs1. The van der Waals surface area contributed by atoms with Gasteiger partial charge in [0, 0.05) is 15.9 Å². The maximum absolute atomic E-state index is 10.7. The van der Waals surface area contributed by atoms with Gasteiger partial charge in [-0.2, -0.15) is 0 Å². The number of hydrogen-bond acceptors (Lipinski definition) is 6. The van der Waals surface area contributed by atoms with Gasteiger partial charge in [0.1, 0.15) is 12.4 Å². The lowest BCUT2D eigenvalue weighted by atomic mass is 10.3. The molecule has 1 N–H and O–H groups in total. The van der Waals surface area contributed by atoms with Crippen LogP contribution in [0.3, 0.4) is 0 Å². The fraction of sp³-hybridized carbons (Fsp3) is 0.0909. The van der Waals surface area contributed by atoms with Gasteiger partial charge in [-0.05, 0) is 6.07 Å². The van der Waals surface area contributed by atoms with E-state index in [1.165, 1.54) is 12.1 Å². The van der Waals surface area contributed by atoms with E-state index in [0.717, 1.165) is 11.3 Å². The minimum Gasteiger partial charge on any atom is -0.487 e. The Labute approximate surface area is 125 Å². The summed E-state index contributed by atoms with van der Waals surface area (Å²) in [5.41, 5.74) is 0.355. The van der Waals surface area contributed by atoms with E-state index in [4.69, 9.17) is 9.84 Å². The van der Waals surface area contributed by atoms with Crippen LogP contribution in [0.1, 0.15) is 15.5 Å². The molecule has 104 valence electrons. The molecule has 2 aromatic rings. The van der Waals surface area contributed by atoms with Gasteiger partial charge in [0.15, 0.2) is 0 Å². The van der Waals surface area contributed by atoms with Crippen LogP contribution in [0.2, 0.25) is 0 Å². The van der Waals surface area contributed by atoms with Gasteiger partial charge in [-0.15, -0.1) is 11.3 Å². The lowest BCUT2D eigenvalue weighted by Gasteiger charge is -2.04. The Morgan fingerprint density at radius 3 is 2.85 bits per heavy atom. The predicted octanol–water partition coefficient (Wildman–Crippen LogP) is 3.09. The number of nitro groups is 1. The van der Waals surface area contributed by atoms with Gasteiger partial charge in [0.2, 0.25) is 5.01 Å². The summed E-state index contributed by atoms with van der Waals surface area (Å²) in [6.07, 6.45) is 0. The number of nitrogens with zero attached hydrogens (tertiary/aromatic N) is 2. The van der Waals surface area contributed by atoms with Crippen LogP contribution in [0.5, 0.6) is 5.75 Å². The topological polar surface area (TPSA) is 103 Å². The standard InChI is InChI=1S/C11H7BrN2O5S/c12-6-1-8(14(17)18)3-9(2-6)19-4-7-5-20-10(13-7)11(15)16/h1-3,5H,4H2,(H,15,16). The summed E-state index contributed by atoms with van der Waals surface area (Å²) >= 11 is 4.15. The molecule has 9 heteroatoms. The molecule has 0 amide bonds. The van der Waals surface area contributed by atoms with Crippen molar-refractivity contribution < 1.29 is 19.6 Å². The van der Waals surface area contributed by atoms with Crippen LogP contribution in [0.25, 0.3) is 0 Å². The summed E-state index contributed by atoms with van der Waals surface area (Å²) in [6, 6.07) is 4.23. The summed E-state index contributed by atoms with van der Waals surface area (Å²) in [4.78, 5) is 24.7. The molecule has 0 unspecified atom stereocenters. The molecular weight excluding hydrogens is 352 g/mol. The summed E-state index contributed by atoms with van der Waals surface area (Å²) in [5, 5.41) is 21.0. The number of carbonyl (C=O) groups is 1. The molecule has 1 heterocycles. The summed E-state index contributed by atoms with van der Waals surface area (Å²) in [6.45, 7) is 0.0391. The molecule has 0 bridgehead atoms. The monoisotopic (exact) mass is 358 g/mol. The van der Waals surface area contributed by atoms with Crippen LogP contribution >= 0.6 is 27.3 Å². The van der Waals surface area contributed by atoms with Crippen molar-refractivity contribution in [2.45, 2.75) is 6.61 Å². The average Bonchev–Trinajstić information content (AvgIpc) is 2.84. The molecule has 0 aliphatic carbocycles. The van der Waals surface area contributed by atoms with Crippen molar-refractivity contribution in [1.82, 2.24) is 4.98 Å². The Balaban J connectivity index is 2.10. The Morgan fingerprint density at radius 1 is 1.50 bits per heavy atom. The maximum atomic E-state index is 10.7. The molecule has 0 aliphatic rings. The molecule has 0 spiro atoms. The fourth-order valence-corrected chi connectivity index (χ4v) is 2.46. The third-order valence-corrected chi connectivity index (χ3v) is 3.53. The smallest absolute Gasteiger partial charge is 0.365 e. The number of hydrogen-bond donors (Lipinski definition) is 1. The first kappa shape index (κ1) is 14.4. The maximum Gasteiger partial charge on any atom is 0.365 e. The Morgan fingerprint density at radius 2 is 2.25 bits per heavy atom. The molecule has 0 radical (unpaired) electrons. The van der Waals surface area contributed by atoms with Crippen molar-refractivity contribution >= 4 is 38.9 Å². The molecule has 0 aliphatic heterocycles. The number of thiazole rings is 1. The number of nitro benzene ring substituents is 1. The van der Waals surface area contributed by atoms with Crippen LogP contribution in [0.4, 0.5) is 5.69 Å². The molecule has 0 fully saturated rings. The number of non-ortho nitro benzene ring substituents is 1. The van der Waals surface area contributed by atoms with Crippen LogP contribution in [-0.2, 0) is 6.61 Å². The zero-order valence-electron chi connectivity index (χ0n) is 9.78. The van der Waals surface area contributed by atoms with Gasteiger partial charge in [0.25, 0.3) is 5.69 Å². The largest absolute Gasteiger partial charge is 0.487 e. The molecular formula is C11H7BrN2O5S. The quantitative estimate of drug-likeness (QED) is 0.650. The predicted molar refractivity (Wildman–Crippen MR) is 74.2 cm³/mol. The van der Waals surface area contributed by atoms with E-state index in [9.17, 15) is 14.9 Å². The first-order valence-electron chi connectivity index (χ1n) is 5.21. The first-order chi connectivity index (χ1) is 9.45. The molecule has 20 heavy (non-hydrogen) atoms. The molecule has 0 saturated heterocycles. The molecule has 0 atom stereocenters. The van der Waals surface area contributed by atoms with E-state index < -0.39 is 10.9 Å². The van der Waals surface area contributed by atoms with Gasteiger partial charge in [0.05, 0.1) is 16.7 Å². The average molecular weight is 359 g/mol. The van der Waals surface area contributed by atoms with Gasteiger partial charge < -0.3 is 9.84 Å². The third kappa shape index (κ3) is 3.52. The minimum atomic E-state index is -1.10. The number of ether oxygens (including phenoxy) is 1. The first-order valence-corrected chi connectivity index (χ1v) is 6.88. The van der Waals surface area contributed by atoms with E-state index in [0.29, 0.717) is 15.9 Å². The highest BCUT2D eigenvalue weighted by Crippen LogP contribution is 2.26. The molecule has 1 aromatic carbocycles. The Hall–Kier alpha value is -2.00. The van der Waals surface area contributed by atoms with Crippen LogP contribution < -0.4 is 4.74 Å². The fourth-order valence-electron chi connectivity index (χ4n) is 1.37. The highest BCUT2D eigenvalue weighted by atomic mass is 79.9. The van der Waals surface area contributed by atoms with E-state index in [-0.39, 0.29) is 17.3 Å². The van der Waals surface area contributed by atoms with E-state index >= 15 is 0 Å². The zero-order valence-corrected chi connectivity index (χ0v) is 12.2.